The second-order valence-corrected chi connectivity index (χ2v) is 4.64. The number of nitrogens with two attached hydrogens (primary N) is 1. The number of nitrogens with one attached hydrogen (secondary N) is 1. The van der Waals surface area contributed by atoms with Gasteiger partial charge in [-0.3, -0.25) is 4.79 Å². The third-order valence-electron chi connectivity index (χ3n) is 3.28. The summed E-state index contributed by atoms with van der Waals surface area (Å²) >= 11 is 0. The quantitative estimate of drug-likeness (QED) is 0.789. The van der Waals surface area contributed by atoms with Gasteiger partial charge in [-0.15, -0.1) is 0 Å². The molecule has 0 aliphatic carbocycles. The average molecular weight is 250 g/mol. The number of nitrogen functional groups attached to an aromatic ring is 1. The summed E-state index contributed by atoms with van der Waals surface area (Å²) in [7, 11) is 1.55. The fraction of sp³-hybridized carbons (Fsp3) is 0.500. The number of carbonyl (C=O) groups excluding carboxylic acids is 1. The maximum Gasteiger partial charge on any atom is 0.251 e. The predicted octanol–water partition coefficient (Wildman–Crippen LogP) is 2.44. The van der Waals surface area contributed by atoms with E-state index in [0.717, 1.165) is 6.42 Å². The molecule has 18 heavy (non-hydrogen) atoms. The molecule has 0 aliphatic rings. The van der Waals surface area contributed by atoms with Crippen molar-refractivity contribution in [1.29, 1.82) is 0 Å². The van der Waals surface area contributed by atoms with Crippen LogP contribution in [0.1, 0.15) is 37.6 Å². The zero-order chi connectivity index (χ0) is 13.7. The number of benzene rings is 1. The first kappa shape index (κ1) is 14.4. The number of ether oxygens (including phenoxy) is 1. The molecule has 1 aromatic rings. The lowest BCUT2D eigenvalue weighted by Gasteiger charge is -2.20. The molecule has 0 radical (unpaired) electrons. The molecule has 0 saturated heterocycles. The number of anilines is 1. The van der Waals surface area contributed by atoms with Crippen molar-refractivity contribution in [3.8, 4) is 5.75 Å². The van der Waals surface area contributed by atoms with E-state index in [-0.39, 0.29) is 11.9 Å². The Labute approximate surface area is 109 Å². The van der Waals surface area contributed by atoms with Crippen LogP contribution < -0.4 is 15.8 Å². The lowest BCUT2D eigenvalue weighted by molar-refractivity contribution is 0.0928. The SMILES string of the molecule is CCC(C)C(C)NC(=O)c1cc(N)cc(OC)c1. The number of carbonyl (C=O) groups is 1. The largest absolute Gasteiger partial charge is 0.497 e. The first-order valence-electron chi connectivity index (χ1n) is 6.23. The van der Waals surface area contributed by atoms with Crippen LogP contribution in [-0.4, -0.2) is 19.1 Å². The zero-order valence-electron chi connectivity index (χ0n) is 11.5. The highest BCUT2D eigenvalue weighted by Gasteiger charge is 2.15. The molecular weight excluding hydrogens is 228 g/mol. The van der Waals surface area contributed by atoms with Crippen LogP contribution in [0.15, 0.2) is 18.2 Å². The molecule has 0 saturated carbocycles. The fourth-order valence-corrected chi connectivity index (χ4v) is 1.66. The summed E-state index contributed by atoms with van der Waals surface area (Å²) in [6.07, 6.45) is 1.03. The molecule has 4 heteroatoms. The second-order valence-electron chi connectivity index (χ2n) is 4.64. The van der Waals surface area contributed by atoms with Crippen molar-refractivity contribution >= 4 is 11.6 Å². The third kappa shape index (κ3) is 3.65. The maximum atomic E-state index is 12.1. The Morgan fingerprint density at radius 2 is 2.06 bits per heavy atom. The lowest BCUT2D eigenvalue weighted by atomic mass is 10.0. The molecule has 0 aromatic heterocycles. The summed E-state index contributed by atoms with van der Waals surface area (Å²) < 4.78 is 5.10. The summed E-state index contributed by atoms with van der Waals surface area (Å²) in [5, 5.41) is 2.98. The van der Waals surface area contributed by atoms with Gasteiger partial charge in [-0.25, -0.2) is 0 Å². The Balaban J connectivity index is 2.81. The van der Waals surface area contributed by atoms with Crippen molar-refractivity contribution in [3.05, 3.63) is 23.8 Å². The van der Waals surface area contributed by atoms with E-state index in [1.165, 1.54) is 0 Å². The summed E-state index contributed by atoms with van der Waals surface area (Å²) in [5.74, 6) is 0.918. The third-order valence-corrected chi connectivity index (χ3v) is 3.28. The fourth-order valence-electron chi connectivity index (χ4n) is 1.66. The normalized spacial score (nSPS) is 13.8. The van der Waals surface area contributed by atoms with Crippen molar-refractivity contribution in [2.45, 2.75) is 33.2 Å². The molecule has 2 unspecified atom stereocenters. The average Bonchev–Trinajstić information content (AvgIpc) is 2.36. The molecule has 2 atom stereocenters. The van der Waals surface area contributed by atoms with Gasteiger partial charge >= 0.3 is 0 Å². The lowest BCUT2D eigenvalue weighted by Crippen LogP contribution is -2.36. The first-order valence-corrected chi connectivity index (χ1v) is 6.23. The van der Waals surface area contributed by atoms with Gasteiger partial charge in [0.05, 0.1) is 7.11 Å². The van der Waals surface area contributed by atoms with Crippen LogP contribution in [0.5, 0.6) is 5.75 Å². The van der Waals surface area contributed by atoms with Crippen LogP contribution in [0.2, 0.25) is 0 Å². The van der Waals surface area contributed by atoms with E-state index < -0.39 is 0 Å². The Morgan fingerprint density at radius 1 is 1.39 bits per heavy atom. The van der Waals surface area contributed by atoms with E-state index in [1.807, 2.05) is 6.92 Å². The maximum absolute atomic E-state index is 12.1. The van der Waals surface area contributed by atoms with Crippen molar-refractivity contribution in [2.75, 3.05) is 12.8 Å². The highest BCUT2D eigenvalue weighted by molar-refractivity contribution is 5.95. The van der Waals surface area contributed by atoms with Crippen LogP contribution >= 0.6 is 0 Å². The molecule has 1 amide bonds. The summed E-state index contributed by atoms with van der Waals surface area (Å²) in [6, 6.07) is 5.17. The minimum absolute atomic E-state index is 0.117. The molecule has 0 aliphatic heterocycles. The Kier molecular flexibility index (Phi) is 5.01. The van der Waals surface area contributed by atoms with E-state index in [1.54, 1.807) is 25.3 Å². The van der Waals surface area contributed by atoms with Crippen molar-refractivity contribution < 1.29 is 9.53 Å². The van der Waals surface area contributed by atoms with Gasteiger partial charge in [0.15, 0.2) is 0 Å². The molecule has 0 fully saturated rings. The van der Waals surface area contributed by atoms with Gasteiger partial charge in [0.25, 0.3) is 5.91 Å². The van der Waals surface area contributed by atoms with Gasteiger partial charge in [-0.05, 0) is 25.0 Å². The summed E-state index contributed by atoms with van der Waals surface area (Å²) in [5.41, 5.74) is 6.78. The van der Waals surface area contributed by atoms with Crippen LogP contribution in [0.4, 0.5) is 5.69 Å². The molecule has 0 spiro atoms. The van der Waals surface area contributed by atoms with Gasteiger partial charge in [0.1, 0.15) is 5.75 Å². The number of methoxy groups -OCH3 is 1. The smallest absolute Gasteiger partial charge is 0.251 e. The minimum Gasteiger partial charge on any atom is -0.497 e. The van der Waals surface area contributed by atoms with E-state index in [2.05, 4.69) is 19.2 Å². The van der Waals surface area contributed by atoms with Gasteiger partial charge < -0.3 is 15.8 Å². The highest BCUT2D eigenvalue weighted by Crippen LogP contribution is 2.19. The van der Waals surface area contributed by atoms with Crippen LogP contribution in [0.25, 0.3) is 0 Å². The molecule has 3 N–H and O–H groups in total. The number of rotatable bonds is 5. The molecule has 1 rings (SSSR count). The van der Waals surface area contributed by atoms with E-state index in [4.69, 9.17) is 10.5 Å². The summed E-state index contributed by atoms with van der Waals surface area (Å²) in [4.78, 5) is 12.1. The topological polar surface area (TPSA) is 64.4 Å². The highest BCUT2D eigenvalue weighted by atomic mass is 16.5. The van der Waals surface area contributed by atoms with Gasteiger partial charge in [0.2, 0.25) is 0 Å². The molecule has 0 heterocycles. The monoisotopic (exact) mass is 250 g/mol. The molecule has 0 bridgehead atoms. The van der Waals surface area contributed by atoms with Crippen LogP contribution in [0, 0.1) is 5.92 Å². The van der Waals surface area contributed by atoms with Gasteiger partial charge in [-0.2, -0.15) is 0 Å². The van der Waals surface area contributed by atoms with Gasteiger partial charge in [0, 0.05) is 23.4 Å². The van der Waals surface area contributed by atoms with E-state index >= 15 is 0 Å². The molecule has 1 aromatic carbocycles. The molecule has 4 nitrogen and oxygen atoms in total. The number of hydrogen-bond donors (Lipinski definition) is 2. The van der Waals surface area contributed by atoms with Crippen molar-refractivity contribution in [3.63, 3.8) is 0 Å². The summed E-state index contributed by atoms with van der Waals surface area (Å²) in [6.45, 7) is 6.23. The Morgan fingerprint density at radius 3 is 2.61 bits per heavy atom. The zero-order valence-corrected chi connectivity index (χ0v) is 11.5. The van der Waals surface area contributed by atoms with Crippen molar-refractivity contribution in [1.82, 2.24) is 5.32 Å². The Hall–Kier alpha value is -1.71. The number of amides is 1. The van der Waals surface area contributed by atoms with Crippen LogP contribution in [-0.2, 0) is 0 Å². The second kappa shape index (κ2) is 6.28. The standard InChI is InChI=1S/C14H22N2O2/c1-5-9(2)10(3)16-14(17)11-6-12(15)8-13(7-11)18-4/h6-10H,5,15H2,1-4H3,(H,16,17). The van der Waals surface area contributed by atoms with Crippen LogP contribution in [0.3, 0.4) is 0 Å². The predicted molar refractivity (Wildman–Crippen MR) is 73.8 cm³/mol. The molecule has 100 valence electrons. The Bertz CT molecular complexity index is 418. The number of hydrogen-bond acceptors (Lipinski definition) is 3. The van der Waals surface area contributed by atoms with E-state index in [0.29, 0.717) is 22.9 Å². The minimum atomic E-state index is -0.117. The van der Waals surface area contributed by atoms with E-state index in [9.17, 15) is 4.79 Å². The van der Waals surface area contributed by atoms with Gasteiger partial charge in [-0.1, -0.05) is 20.3 Å². The molecular formula is C14H22N2O2. The van der Waals surface area contributed by atoms with Crippen molar-refractivity contribution in [2.24, 2.45) is 5.92 Å². The first-order chi connectivity index (χ1) is 8.47.